The van der Waals surface area contributed by atoms with Crippen LogP contribution in [0.3, 0.4) is 0 Å². The average molecular weight is 167 g/mol. The molecule has 0 spiro atoms. The molecule has 0 saturated heterocycles. The molecule has 0 aliphatic rings. The minimum absolute atomic E-state index is 0.0551. The molecule has 0 amide bonds. The molecule has 12 heavy (non-hydrogen) atoms. The smallest absolute Gasteiger partial charge is 0.124 e. The average Bonchev–Trinajstić information content (AvgIpc) is 2.08. The fraction of sp³-hybridized carbons (Fsp3) is 0.222. The second-order valence-corrected chi connectivity index (χ2v) is 2.47. The number of aromatic hydroxyl groups is 1. The minimum atomic E-state index is -0.370. The second-order valence-electron chi connectivity index (χ2n) is 2.47. The van der Waals surface area contributed by atoms with Gasteiger partial charge in [-0.15, -0.1) is 0 Å². The molecule has 0 aromatic heterocycles. The van der Waals surface area contributed by atoms with Crippen molar-refractivity contribution in [2.45, 2.75) is 6.92 Å². The number of hydrogen-bond donors (Lipinski definition) is 1. The lowest BCUT2D eigenvalue weighted by molar-refractivity contribution is 0.472. The highest BCUT2D eigenvalue weighted by atomic mass is 19.1. The Balaban J connectivity index is 3.23. The van der Waals surface area contributed by atoms with Gasteiger partial charge in [-0.2, -0.15) is 0 Å². The summed E-state index contributed by atoms with van der Waals surface area (Å²) in [5.41, 5.74) is 1.06. The number of phenols is 1. The number of phenolic OH excluding ortho intramolecular Hbond substituents is 1. The van der Waals surface area contributed by atoms with E-state index in [0.29, 0.717) is 11.3 Å². The zero-order valence-corrected chi connectivity index (χ0v) is 7.00. The number of aliphatic imine (C=N–C) groups is 1. The third-order valence-corrected chi connectivity index (χ3v) is 1.68. The minimum Gasteiger partial charge on any atom is -0.507 e. The number of hydrogen-bond acceptors (Lipinski definition) is 2. The van der Waals surface area contributed by atoms with E-state index in [-0.39, 0.29) is 11.6 Å². The highest BCUT2D eigenvalue weighted by Gasteiger charge is 2.04. The van der Waals surface area contributed by atoms with Gasteiger partial charge in [-0.25, -0.2) is 4.39 Å². The summed E-state index contributed by atoms with van der Waals surface area (Å²) in [5.74, 6) is -0.315. The van der Waals surface area contributed by atoms with Gasteiger partial charge >= 0.3 is 0 Å². The molecule has 0 saturated carbocycles. The van der Waals surface area contributed by atoms with Gasteiger partial charge in [0.1, 0.15) is 11.6 Å². The van der Waals surface area contributed by atoms with Crippen LogP contribution >= 0.6 is 0 Å². The Morgan fingerprint density at radius 3 is 2.75 bits per heavy atom. The van der Waals surface area contributed by atoms with Crippen LogP contribution in [0.2, 0.25) is 0 Å². The van der Waals surface area contributed by atoms with Crippen molar-refractivity contribution in [1.82, 2.24) is 0 Å². The molecule has 1 aromatic rings. The fourth-order valence-corrected chi connectivity index (χ4v) is 0.919. The van der Waals surface area contributed by atoms with Crippen molar-refractivity contribution >= 4 is 5.71 Å². The van der Waals surface area contributed by atoms with Gasteiger partial charge in [-0.05, 0) is 25.1 Å². The Bertz CT molecular complexity index is 320. The molecule has 0 aliphatic carbocycles. The molecule has 0 fully saturated rings. The molecule has 1 rings (SSSR count). The lowest BCUT2D eigenvalue weighted by Crippen LogP contribution is -1.95. The van der Waals surface area contributed by atoms with Crippen LogP contribution in [-0.4, -0.2) is 17.9 Å². The Morgan fingerprint density at radius 1 is 1.50 bits per heavy atom. The first-order valence-electron chi connectivity index (χ1n) is 3.57. The Hall–Kier alpha value is -1.38. The van der Waals surface area contributed by atoms with Crippen LogP contribution in [0, 0.1) is 5.82 Å². The van der Waals surface area contributed by atoms with Crippen molar-refractivity contribution in [2.24, 2.45) is 4.99 Å². The first kappa shape index (κ1) is 8.71. The van der Waals surface area contributed by atoms with Crippen LogP contribution in [0.5, 0.6) is 5.75 Å². The van der Waals surface area contributed by atoms with Gasteiger partial charge in [0.15, 0.2) is 0 Å². The quantitative estimate of drug-likeness (QED) is 0.637. The van der Waals surface area contributed by atoms with E-state index in [1.54, 1.807) is 14.0 Å². The van der Waals surface area contributed by atoms with Crippen LogP contribution in [0.4, 0.5) is 4.39 Å². The third kappa shape index (κ3) is 1.61. The van der Waals surface area contributed by atoms with E-state index < -0.39 is 0 Å². The normalized spacial score (nSPS) is 11.8. The highest BCUT2D eigenvalue weighted by molar-refractivity contribution is 6.00. The molecule has 0 heterocycles. The molecule has 0 atom stereocenters. The van der Waals surface area contributed by atoms with Crippen LogP contribution in [0.1, 0.15) is 12.5 Å². The lowest BCUT2D eigenvalue weighted by Gasteiger charge is -2.02. The molecule has 2 nitrogen and oxygen atoms in total. The number of halogens is 1. The summed E-state index contributed by atoms with van der Waals surface area (Å²) in [6.07, 6.45) is 0. The predicted molar refractivity (Wildman–Crippen MR) is 46.2 cm³/mol. The predicted octanol–water partition coefficient (Wildman–Crippen LogP) is 1.97. The first-order valence-corrected chi connectivity index (χ1v) is 3.57. The van der Waals surface area contributed by atoms with E-state index in [1.165, 1.54) is 18.2 Å². The van der Waals surface area contributed by atoms with Crippen LogP contribution in [0.25, 0.3) is 0 Å². The van der Waals surface area contributed by atoms with Gasteiger partial charge in [0.2, 0.25) is 0 Å². The van der Waals surface area contributed by atoms with Crippen molar-refractivity contribution in [3.63, 3.8) is 0 Å². The Morgan fingerprint density at radius 2 is 2.17 bits per heavy atom. The molecular formula is C9H10FNO. The van der Waals surface area contributed by atoms with E-state index in [1.807, 2.05) is 0 Å². The maximum Gasteiger partial charge on any atom is 0.124 e. The summed E-state index contributed by atoms with van der Waals surface area (Å²) < 4.78 is 12.7. The van der Waals surface area contributed by atoms with Gasteiger partial charge in [0.25, 0.3) is 0 Å². The Kier molecular flexibility index (Phi) is 2.43. The summed E-state index contributed by atoms with van der Waals surface area (Å²) in [7, 11) is 1.60. The van der Waals surface area contributed by atoms with E-state index in [2.05, 4.69) is 4.99 Å². The maximum atomic E-state index is 12.7. The Labute approximate surface area is 70.4 Å². The van der Waals surface area contributed by atoms with Gasteiger partial charge in [0, 0.05) is 18.3 Å². The number of nitrogens with zero attached hydrogens (tertiary/aromatic N) is 1. The summed E-state index contributed by atoms with van der Waals surface area (Å²) in [6.45, 7) is 1.72. The van der Waals surface area contributed by atoms with Crippen molar-refractivity contribution in [3.8, 4) is 5.75 Å². The van der Waals surface area contributed by atoms with Crippen LogP contribution in [-0.2, 0) is 0 Å². The first-order chi connectivity index (χ1) is 5.65. The molecule has 0 aliphatic heterocycles. The maximum absolute atomic E-state index is 12.7. The zero-order chi connectivity index (χ0) is 9.14. The number of rotatable bonds is 1. The summed E-state index contributed by atoms with van der Waals surface area (Å²) in [4.78, 5) is 3.85. The summed E-state index contributed by atoms with van der Waals surface area (Å²) in [5, 5.41) is 9.29. The summed E-state index contributed by atoms with van der Waals surface area (Å²) in [6, 6.07) is 3.79. The monoisotopic (exact) mass is 167 g/mol. The van der Waals surface area contributed by atoms with E-state index in [9.17, 15) is 9.50 Å². The molecule has 1 N–H and O–H groups in total. The van der Waals surface area contributed by atoms with Crippen molar-refractivity contribution < 1.29 is 9.50 Å². The molecule has 0 radical (unpaired) electrons. The molecule has 0 bridgehead atoms. The molecule has 64 valence electrons. The fourth-order valence-electron chi connectivity index (χ4n) is 0.919. The van der Waals surface area contributed by atoms with Crippen molar-refractivity contribution in [3.05, 3.63) is 29.6 Å². The molecular weight excluding hydrogens is 157 g/mol. The van der Waals surface area contributed by atoms with Crippen molar-refractivity contribution in [2.75, 3.05) is 7.05 Å². The standard InChI is InChI=1S/C9H10FNO/c1-6(11-2)8-5-7(10)3-4-9(8)12/h3-5,12H,1-2H3. The van der Waals surface area contributed by atoms with Crippen LogP contribution in [0.15, 0.2) is 23.2 Å². The zero-order valence-electron chi connectivity index (χ0n) is 7.00. The van der Waals surface area contributed by atoms with Gasteiger partial charge in [-0.3, -0.25) is 4.99 Å². The van der Waals surface area contributed by atoms with Crippen molar-refractivity contribution in [1.29, 1.82) is 0 Å². The van der Waals surface area contributed by atoms with E-state index in [0.717, 1.165) is 0 Å². The molecule has 3 heteroatoms. The molecule has 0 unspecified atom stereocenters. The highest BCUT2D eigenvalue weighted by Crippen LogP contribution is 2.18. The SMILES string of the molecule is CN=C(C)c1cc(F)ccc1O. The number of benzene rings is 1. The van der Waals surface area contributed by atoms with Gasteiger partial charge in [-0.1, -0.05) is 0 Å². The summed E-state index contributed by atoms with van der Waals surface area (Å²) >= 11 is 0. The second kappa shape index (κ2) is 3.34. The topological polar surface area (TPSA) is 32.6 Å². The largest absolute Gasteiger partial charge is 0.507 e. The van der Waals surface area contributed by atoms with Gasteiger partial charge in [0.05, 0.1) is 0 Å². The van der Waals surface area contributed by atoms with Crippen LogP contribution < -0.4 is 0 Å². The molecule has 1 aromatic carbocycles. The lowest BCUT2D eigenvalue weighted by atomic mass is 10.1. The third-order valence-electron chi connectivity index (χ3n) is 1.68. The van der Waals surface area contributed by atoms with E-state index in [4.69, 9.17) is 0 Å². The van der Waals surface area contributed by atoms with E-state index >= 15 is 0 Å². The van der Waals surface area contributed by atoms with Gasteiger partial charge < -0.3 is 5.11 Å².